The average molecular weight is 361 g/mol. The topological polar surface area (TPSA) is 16.1 Å². The lowest BCUT2D eigenvalue weighted by Crippen LogP contribution is -2.28. The van der Waals surface area contributed by atoms with Crippen LogP contribution < -0.4 is 0 Å². The Bertz CT molecular complexity index is 558. The second kappa shape index (κ2) is 9.30. The van der Waals surface area contributed by atoms with E-state index in [0.717, 1.165) is 44.0 Å². The Kier molecular flexibility index (Phi) is 7.08. The van der Waals surface area contributed by atoms with Gasteiger partial charge in [0.2, 0.25) is 0 Å². The first-order valence-electron chi connectivity index (χ1n) is 10.9. The first-order valence-corrected chi connectivity index (χ1v) is 10.9. The van der Waals surface area contributed by atoms with Crippen molar-refractivity contribution in [1.82, 2.24) is 9.88 Å². The van der Waals surface area contributed by atoms with Crippen LogP contribution in [0.5, 0.6) is 0 Å². The SMILES string of the molecule is CC(C)(F)CCc1ccc2c(n1)CCN(CCCC1CCCCC1)CC2. The third-order valence-electron chi connectivity index (χ3n) is 6.28. The molecule has 1 fully saturated rings. The van der Waals surface area contributed by atoms with Crippen LogP contribution in [0.1, 0.15) is 82.2 Å². The maximum Gasteiger partial charge on any atom is 0.105 e. The molecule has 146 valence electrons. The first-order chi connectivity index (χ1) is 12.5. The van der Waals surface area contributed by atoms with E-state index < -0.39 is 5.67 Å². The Labute approximate surface area is 159 Å². The van der Waals surface area contributed by atoms with E-state index in [1.165, 1.54) is 62.7 Å². The van der Waals surface area contributed by atoms with Crippen molar-refractivity contribution in [3.8, 4) is 0 Å². The van der Waals surface area contributed by atoms with Gasteiger partial charge >= 0.3 is 0 Å². The lowest BCUT2D eigenvalue weighted by atomic mass is 9.86. The van der Waals surface area contributed by atoms with Gasteiger partial charge in [-0.15, -0.1) is 0 Å². The van der Waals surface area contributed by atoms with E-state index in [0.29, 0.717) is 6.42 Å². The van der Waals surface area contributed by atoms with Crippen LogP contribution in [0, 0.1) is 5.92 Å². The molecule has 0 amide bonds. The fraction of sp³-hybridized carbons (Fsp3) is 0.783. The molecule has 1 saturated carbocycles. The fourth-order valence-electron chi connectivity index (χ4n) is 4.54. The number of pyridine rings is 1. The van der Waals surface area contributed by atoms with Crippen molar-refractivity contribution in [3.63, 3.8) is 0 Å². The van der Waals surface area contributed by atoms with Crippen molar-refractivity contribution < 1.29 is 4.39 Å². The van der Waals surface area contributed by atoms with E-state index in [9.17, 15) is 4.39 Å². The van der Waals surface area contributed by atoms with Crippen LogP contribution >= 0.6 is 0 Å². The van der Waals surface area contributed by atoms with Crippen LogP contribution in [0.15, 0.2) is 12.1 Å². The normalized spacial score (nSPS) is 20.0. The van der Waals surface area contributed by atoms with Crippen molar-refractivity contribution in [1.29, 1.82) is 0 Å². The minimum absolute atomic E-state index is 0.548. The molecule has 0 atom stereocenters. The molecule has 0 spiro atoms. The zero-order chi connectivity index (χ0) is 18.4. The highest BCUT2D eigenvalue weighted by atomic mass is 19.1. The minimum Gasteiger partial charge on any atom is -0.303 e. The largest absolute Gasteiger partial charge is 0.303 e. The smallest absolute Gasteiger partial charge is 0.105 e. The summed E-state index contributed by atoms with van der Waals surface area (Å²) >= 11 is 0. The molecule has 2 heterocycles. The molecule has 1 aliphatic carbocycles. The Morgan fingerprint density at radius 3 is 2.65 bits per heavy atom. The maximum absolute atomic E-state index is 13.7. The van der Waals surface area contributed by atoms with Crippen molar-refractivity contribution in [2.75, 3.05) is 19.6 Å². The zero-order valence-corrected chi connectivity index (χ0v) is 16.9. The van der Waals surface area contributed by atoms with E-state index >= 15 is 0 Å². The molecule has 1 aromatic heterocycles. The maximum atomic E-state index is 13.7. The number of rotatable bonds is 7. The molecular weight excluding hydrogens is 323 g/mol. The number of fused-ring (bicyclic) bond motifs is 1. The number of halogens is 1. The molecule has 3 heteroatoms. The molecule has 0 N–H and O–H groups in total. The average Bonchev–Trinajstić information content (AvgIpc) is 2.82. The molecule has 1 aliphatic heterocycles. The fourth-order valence-corrected chi connectivity index (χ4v) is 4.54. The van der Waals surface area contributed by atoms with Gasteiger partial charge in [-0.3, -0.25) is 4.98 Å². The molecule has 2 aliphatic rings. The predicted octanol–water partition coefficient (Wildman–Crippen LogP) is 5.52. The van der Waals surface area contributed by atoms with Gasteiger partial charge in [-0.25, -0.2) is 4.39 Å². The predicted molar refractivity (Wildman–Crippen MR) is 107 cm³/mol. The molecule has 3 rings (SSSR count). The Morgan fingerprint density at radius 1 is 1.12 bits per heavy atom. The quantitative estimate of drug-likeness (QED) is 0.636. The summed E-state index contributed by atoms with van der Waals surface area (Å²) in [6, 6.07) is 4.36. The lowest BCUT2D eigenvalue weighted by Gasteiger charge is -2.24. The monoisotopic (exact) mass is 360 g/mol. The van der Waals surface area contributed by atoms with Gasteiger partial charge in [-0.05, 0) is 70.0 Å². The van der Waals surface area contributed by atoms with Crippen LogP contribution in [0.25, 0.3) is 0 Å². The van der Waals surface area contributed by atoms with Gasteiger partial charge in [0.1, 0.15) is 5.67 Å². The van der Waals surface area contributed by atoms with Gasteiger partial charge < -0.3 is 4.90 Å². The summed E-state index contributed by atoms with van der Waals surface area (Å²) in [5.41, 5.74) is 2.61. The molecule has 0 radical (unpaired) electrons. The Hall–Kier alpha value is -0.960. The van der Waals surface area contributed by atoms with E-state index in [2.05, 4.69) is 17.0 Å². The summed E-state index contributed by atoms with van der Waals surface area (Å²) in [6.07, 6.45) is 13.5. The molecule has 1 aromatic rings. The number of hydrogen-bond donors (Lipinski definition) is 0. The van der Waals surface area contributed by atoms with Gasteiger partial charge in [0, 0.05) is 30.9 Å². The molecule has 0 saturated heterocycles. The van der Waals surface area contributed by atoms with E-state index in [-0.39, 0.29) is 0 Å². The highest BCUT2D eigenvalue weighted by Crippen LogP contribution is 2.27. The number of hydrogen-bond acceptors (Lipinski definition) is 2. The standard InChI is InChI=1S/C23H37FN2/c1-23(2,24)15-12-21-11-10-20-13-17-26(18-14-22(20)25-21)16-6-9-19-7-4-3-5-8-19/h10-11,19H,3-9,12-18H2,1-2H3. The Morgan fingerprint density at radius 2 is 1.88 bits per heavy atom. The molecule has 0 unspecified atom stereocenters. The third-order valence-corrected chi connectivity index (χ3v) is 6.28. The molecule has 2 nitrogen and oxygen atoms in total. The van der Waals surface area contributed by atoms with Crippen molar-refractivity contribution in [2.45, 2.75) is 90.1 Å². The van der Waals surface area contributed by atoms with E-state index in [4.69, 9.17) is 4.98 Å². The van der Waals surface area contributed by atoms with E-state index in [1.807, 2.05) is 0 Å². The second-order valence-corrected chi connectivity index (χ2v) is 9.12. The second-order valence-electron chi connectivity index (χ2n) is 9.12. The molecular formula is C23H37FN2. The summed E-state index contributed by atoms with van der Waals surface area (Å²) in [5.74, 6) is 0.997. The van der Waals surface area contributed by atoms with Crippen molar-refractivity contribution in [2.24, 2.45) is 5.92 Å². The van der Waals surface area contributed by atoms with Gasteiger partial charge in [-0.1, -0.05) is 38.2 Å². The van der Waals surface area contributed by atoms with Crippen molar-refractivity contribution in [3.05, 3.63) is 29.1 Å². The lowest BCUT2D eigenvalue weighted by molar-refractivity contribution is 0.201. The van der Waals surface area contributed by atoms with Crippen LogP contribution in [0.4, 0.5) is 4.39 Å². The molecule has 0 aromatic carbocycles. The molecule has 0 bridgehead atoms. The van der Waals surface area contributed by atoms with Crippen LogP contribution in [0.2, 0.25) is 0 Å². The zero-order valence-electron chi connectivity index (χ0n) is 16.9. The highest BCUT2D eigenvalue weighted by molar-refractivity contribution is 5.25. The summed E-state index contributed by atoms with van der Waals surface area (Å²) in [5, 5.41) is 0. The van der Waals surface area contributed by atoms with Gasteiger partial charge in [0.25, 0.3) is 0 Å². The van der Waals surface area contributed by atoms with Crippen molar-refractivity contribution >= 4 is 0 Å². The molecule has 26 heavy (non-hydrogen) atoms. The van der Waals surface area contributed by atoms with Gasteiger partial charge in [0.05, 0.1) is 0 Å². The minimum atomic E-state index is -1.11. The number of aromatic nitrogens is 1. The summed E-state index contributed by atoms with van der Waals surface area (Å²) in [4.78, 5) is 7.50. The summed E-state index contributed by atoms with van der Waals surface area (Å²) < 4.78 is 13.7. The van der Waals surface area contributed by atoms with Crippen LogP contribution in [-0.2, 0) is 19.3 Å². The van der Waals surface area contributed by atoms with E-state index in [1.54, 1.807) is 13.8 Å². The first kappa shape index (κ1) is 19.8. The van der Waals surface area contributed by atoms with Gasteiger partial charge in [0.15, 0.2) is 0 Å². The van der Waals surface area contributed by atoms with Crippen LogP contribution in [-0.4, -0.2) is 35.2 Å². The Balaban J connectivity index is 1.45. The van der Waals surface area contributed by atoms with Crippen LogP contribution in [0.3, 0.4) is 0 Å². The summed E-state index contributed by atoms with van der Waals surface area (Å²) in [7, 11) is 0. The third kappa shape index (κ3) is 6.33. The number of aryl methyl sites for hydroxylation is 1. The highest BCUT2D eigenvalue weighted by Gasteiger charge is 2.19. The van der Waals surface area contributed by atoms with Gasteiger partial charge in [-0.2, -0.15) is 0 Å². The number of alkyl halides is 1. The summed E-state index contributed by atoms with van der Waals surface area (Å²) in [6.45, 7) is 6.84. The number of nitrogens with zero attached hydrogens (tertiary/aromatic N) is 2.